The molecule has 2 nitrogen and oxygen atoms in total. The van der Waals surface area contributed by atoms with E-state index in [1.807, 2.05) is 24.3 Å². The molecule has 0 aliphatic carbocycles. The van der Waals surface area contributed by atoms with Crippen molar-refractivity contribution in [2.45, 2.75) is 58.3 Å². The first-order chi connectivity index (χ1) is 11.9. The van der Waals surface area contributed by atoms with Gasteiger partial charge in [0, 0.05) is 0 Å². The number of unbranched alkanes of at least 4 members (excludes halogenated alkanes) is 6. The van der Waals surface area contributed by atoms with Crippen LogP contribution >= 0.6 is 0 Å². The number of ether oxygens (including phenoxy) is 1. The summed E-state index contributed by atoms with van der Waals surface area (Å²) >= 11 is 0. The Morgan fingerprint density at radius 1 is 0.917 bits per heavy atom. The third kappa shape index (κ3) is 9.83. The largest absolute Gasteiger partial charge is 0.464 e. The molecule has 0 bridgehead atoms. The van der Waals surface area contributed by atoms with Crippen LogP contribution in [-0.4, -0.2) is 6.29 Å². The smallest absolute Gasteiger partial charge is 0.153 e. The number of benzene rings is 1. The molecule has 0 saturated carbocycles. The van der Waals surface area contributed by atoms with Crippen molar-refractivity contribution in [1.29, 1.82) is 0 Å². The monoisotopic (exact) mass is 326 g/mol. The zero-order valence-corrected chi connectivity index (χ0v) is 14.8. The van der Waals surface area contributed by atoms with E-state index >= 15 is 0 Å². The minimum absolute atomic E-state index is 0.559. The summed E-state index contributed by atoms with van der Waals surface area (Å²) in [6.45, 7) is 2.25. The SMILES string of the molecule is CCCCCCCCC=CCC=CC=COc1ccccc1C=O. The highest BCUT2D eigenvalue weighted by Crippen LogP contribution is 2.15. The maximum Gasteiger partial charge on any atom is 0.153 e. The minimum Gasteiger partial charge on any atom is -0.464 e. The highest BCUT2D eigenvalue weighted by atomic mass is 16.5. The summed E-state index contributed by atoms with van der Waals surface area (Å²) in [7, 11) is 0. The average Bonchev–Trinajstić information content (AvgIpc) is 2.62. The first-order valence-corrected chi connectivity index (χ1v) is 9.06. The number of carbonyl (C=O) groups excluding carboxylic acids is 1. The molecule has 0 aliphatic heterocycles. The Labute approximate surface area is 146 Å². The van der Waals surface area contributed by atoms with Gasteiger partial charge in [-0.2, -0.15) is 0 Å². The molecule has 130 valence electrons. The molecule has 0 amide bonds. The number of carbonyl (C=O) groups is 1. The van der Waals surface area contributed by atoms with Crippen molar-refractivity contribution in [3.63, 3.8) is 0 Å². The standard InChI is InChI=1S/C22H30O2/c1-2-3-4-5-6-7-8-9-10-11-12-13-16-19-24-22-18-15-14-17-21(22)20-23/h9-10,12-20H,2-8,11H2,1H3. The molecule has 24 heavy (non-hydrogen) atoms. The van der Waals surface area contributed by atoms with Crippen LogP contribution in [0.25, 0.3) is 0 Å². The van der Waals surface area contributed by atoms with E-state index in [0.29, 0.717) is 11.3 Å². The highest BCUT2D eigenvalue weighted by molar-refractivity contribution is 5.79. The van der Waals surface area contributed by atoms with Gasteiger partial charge >= 0.3 is 0 Å². The summed E-state index contributed by atoms with van der Waals surface area (Å²) in [5.41, 5.74) is 0.559. The van der Waals surface area contributed by atoms with Gasteiger partial charge in [0.15, 0.2) is 6.29 Å². The van der Waals surface area contributed by atoms with Crippen LogP contribution in [0.5, 0.6) is 5.75 Å². The molecular formula is C22H30O2. The molecule has 0 N–H and O–H groups in total. The molecule has 1 aromatic rings. The van der Waals surface area contributed by atoms with Gasteiger partial charge in [-0.05, 0) is 37.5 Å². The molecule has 0 aromatic heterocycles. The molecular weight excluding hydrogens is 296 g/mol. The molecule has 0 atom stereocenters. The fourth-order valence-electron chi connectivity index (χ4n) is 2.34. The Morgan fingerprint density at radius 2 is 1.71 bits per heavy atom. The summed E-state index contributed by atoms with van der Waals surface area (Å²) in [4.78, 5) is 10.8. The number of aldehydes is 1. The van der Waals surface area contributed by atoms with E-state index in [4.69, 9.17) is 4.74 Å². The summed E-state index contributed by atoms with van der Waals surface area (Å²) < 4.78 is 5.45. The molecule has 0 heterocycles. The van der Waals surface area contributed by atoms with Crippen LogP contribution < -0.4 is 4.74 Å². The number of hydrogen-bond donors (Lipinski definition) is 0. The molecule has 1 aromatic carbocycles. The third-order valence-corrected chi connectivity index (χ3v) is 3.73. The van der Waals surface area contributed by atoms with Gasteiger partial charge in [0.25, 0.3) is 0 Å². The lowest BCUT2D eigenvalue weighted by molar-refractivity contribution is 0.112. The Morgan fingerprint density at radius 3 is 2.54 bits per heavy atom. The Balaban J connectivity index is 2.08. The molecule has 0 saturated heterocycles. The number of allylic oxidation sites excluding steroid dienone is 5. The molecule has 0 aliphatic rings. The van der Waals surface area contributed by atoms with Crippen molar-refractivity contribution in [3.8, 4) is 5.75 Å². The van der Waals surface area contributed by atoms with Gasteiger partial charge in [0.2, 0.25) is 0 Å². The quantitative estimate of drug-likeness (QED) is 0.133. The molecule has 0 unspecified atom stereocenters. The summed E-state index contributed by atoms with van der Waals surface area (Å²) in [6, 6.07) is 7.18. The lowest BCUT2D eigenvalue weighted by Gasteiger charge is -2.01. The summed E-state index contributed by atoms with van der Waals surface area (Å²) in [5.74, 6) is 0.580. The van der Waals surface area contributed by atoms with Gasteiger partial charge in [-0.1, -0.05) is 75.5 Å². The summed E-state index contributed by atoms with van der Waals surface area (Å²) in [6.07, 6.45) is 23.0. The number of hydrogen-bond acceptors (Lipinski definition) is 2. The normalized spacial score (nSPS) is 11.7. The predicted octanol–water partition coefficient (Wildman–Crippen LogP) is 6.64. The zero-order valence-electron chi connectivity index (χ0n) is 14.8. The van der Waals surface area contributed by atoms with E-state index in [0.717, 1.165) is 12.7 Å². The van der Waals surface area contributed by atoms with Gasteiger partial charge in [-0.25, -0.2) is 0 Å². The van der Waals surface area contributed by atoms with Crippen molar-refractivity contribution >= 4 is 6.29 Å². The number of para-hydroxylation sites is 1. The van der Waals surface area contributed by atoms with Crippen LogP contribution in [0.3, 0.4) is 0 Å². The molecule has 0 spiro atoms. The van der Waals surface area contributed by atoms with E-state index in [9.17, 15) is 4.79 Å². The maximum absolute atomic E-state index is 10.8. The summed E-state index contributed by atoms with van der Waals surface area (Å²) in [5, 5.41) is 0. The Bertz CT molecular complexity index is 527. The zero-order chi connectivity index (χ0) is 17.3. The Kier molecular flexibility index (Phi) is 12.1. The van der Waals surface area contributed by atoms with Crippen molar-refractivity contribution in [3.05, 3.63) is 66.5 Å². The highest BCUT2D eigenvalue weighted by Gasteiger charge is 1.98. The van der Waals surface area contributed by atoms with E-state index in [-0.39, 0.29) is 0 Å². The van der Waals surface area contributed by atoms with E-state index in [1.54, 1.807) is 18.4 Å². The fourth-order valence-corrected chi connectivity index (χ4v) is 2.34. The van der Waals surface area contributed by atoms with E-state index in [2.05, 4.69) is 25.2 Å². The van der Waals surface area contributed by atoms with Crippen molar-refractivity contribution in [2.75, 3.05) is 0 Å². The molecule has 1 rings (SSSR count). The predicted molar refractivity (Wildman–Crippen MR) is 102 cm³/mol. The van der Waals surface area contributed by atoms with Gasteiger partial charge in [-0.15, -0.1) is 0 Å². The van der Waals surface area contributed by atoms with E-state index in [1.165, 1.54) is 44.9 Å². The van der Waals surface area contributed by atoms with Crippen molar-refractivity contribution in [1.82, 2.24) is 0 Å². The Hall–Kier alpha value is -2.09. The first-order valence-electron chi connectivity index (χ1n) is 9.06. The van der Waals surface area contributed by atoms with Gasteiger partial charge in [-0.3, -0.25) is 4.79 Å². The van der Waals surface area contributed by atoms with Crippen LogP contribution in [0.1, 0.15) is 68.6 Å². The lowest BCUT2D eigenvalue weighted by atomic mass is 10.1. The second-order valence-corrected chi connectivity index (χ2v) is 5.79. The van der Waals surface area contributed by atoms with Crippen LogP contribution in [0.15, 0.2) is 60.9 Å². The number of rotatable bonds is 13. The van der Waals surface area contributed by atoms with Crippen molar-refractivity contribution in [2.24, 2.45) is 0 Å². The van der Waals surface area contributed by atoms with Crippen molar-refractivity contribution < 1.29 is 9.53 Å². The fraction of sp³-hybridized carbons (Fsp3) is 0.409. The third-order valence-electron chi connectivity index (χ3n) is 3.73. The van der Waals surface area contributed by atoms with Crippen LogP contribution in [0, 0.1) is 0 Å². The van der Waals surface area contributed by atoms with Gasteiger partial charge < -0.3 is 4.74 Å². The van der Waals surface area contributed by atoms with Gasteiger partial charge in [0.1, 0.15) is 5.75 Å². The second kappa shape index (κ2) is 14.5. The average molecular weight is 326 g/mol. The molecule has 2 heteroatoms. The maximum atomic E-state index is 10.8. The molecule has 0 fully saturated rings. The minimum atomic E-state index is 0.559. The van der Waals surface area contributed by atoms with Crippen LogP contribution in [0.2, 0.25) is 0 Å². The lowest BCUT2D eigenvalue weighted by Crippen LogP contribution is -1.88. The van der Waals surface area contributed by atoms with Crippen LogP contribution in [-0.2, 0) is 0 Å². The molecule has 0 radical (unpaired) electrons. The second-order valence-electron chi connectivity index (χ2n) is 5.79. The topological polar surface area (TPSA) is 26.3 Å². The van der Waals surface area contributed by atoms with Crippen LogP contribution in [0.4, 0.5) is 0 Å². The van der Waals surface area contributed by atoms with E-state index < -0.39 is 0 Å². The first kappa shape index (κ1) is 20.0. The van der Waals surface area contributed by atoms with Gasteiger partial charge in [0.05, 0.1) is 11.8 Å².